The van der Waals surface area contributed by atoms with Crippen molar-refractivity contribution in [3.63, 3.8) is 0 Å². The Morgan fingerprint density at radius 2 is 1.88 bits per heavy atom. The number of unbranched alkanes of at least 4 members (excludes halogenated alkanes) is 1. The van der Waals surface area contributed by atoms with E-state index in [2.05, 4.69) is 37.9 Å². The molecular weight excluding hydrogens is 208 g/mol. The lowest BCUT2D eigenvalue weighted by atomic mass is 10.0. The second-order valence-corrected chi connectivity index (χ2v) is 5.88. The van der Waals surface area contributed by atoms with Gasteiger partial charge >= 0.3 is 0 Å². The maximum absolute atomic E-state index is 3.72. The maximum atomic E-state index is 3.72. The standard InChI is InChI=1S/C15H32N2/c1-5-7-11-17(14-8-9-14)12-15(13(3)4)16-10-6-2/h13-16H,5-12H2,1-4H3. The lowest BCUT2D eigenvalue weighted by Gasteiger charge is -2.30. The van der Waals surface area contributed by atoms with E-state index < -0.39 is 0 Å². The van der Waals surface area contributed by atoms with Gasteiger partial charge in [-0.25, -0.2) is 0 Å². The summed E-state index contributed by atoms with van der Waals surface area (Å²) < 4.78 is 0. The van der Waals surface area contributed by atoms with Gasteiger partial charge in [0.1, 0.15) is 0 Å². The predicted octanol–water partition coefficient (Wildman–Crippen LogP) is 3.28. The van der Waals surface area contributed by atoms with Crippen LogP contribution in [-0.4, -0.2) is 36.6 Å². The highest BCUT2D eigenvalue weighted by Gasteiger charge is 2.30. The Morgan fingerprint density at radius 3 is 2.35 bits per heavy atom. The lowest BCUT2D eigenvalue weighted by molar-refractivity contribution is 0.206. The van der Waals surface area contributed by atoms with Crippen LogP contribution >= 0.6 is 0 Å². The Bertz CT molecular complexity index is 175. The fraction of sp³-hybridized carbons (Fsp3) is 1.00. The molecule has 1 rings (SSSR count). The molecule has 0 saturated heterocycles. The SMILES string of the molecule is CCCCN(CC(NCCC)C(C)C)C1CC1. The van der Waals surface area contributed by atoms with Gasteiger partial charge in [-0.05, 0) is 44.7 Å². The molecule has 0 bridgehead atoms. The molecule has 1 aliphatic rings. The lowest BCUT2D eigenvalue weighted by Crippen LogP contribution is -2.45. The zero-order valence-corrected chi connectivity index (χ0v) is 12.3. The monoisotopic (exact) mass is 240 g/mol. The molecule has 0 spiro atoms. The number of nitrogens with one attached hydrogen (secondary N) is 1. The molecule has 102 valence electrons. The van der Waals surface area contributed by atoms with Gasteiger partial charge in [0.05, 0.1) is 0 Å². The van der Waals surface area contributed by atoms with Gasteiger partial charge in [-0.15, -0.1) is 0 Å². The average molecular weight is 240 g/mol. The first kappa shape index (κ1) is 15.0. The van der Waals surface area contributed by atoms with Crippen LogP contribution in [0.2, 0.25) is 0 Å². The van der Waals surface area contributed by atoms with E-state index >= 15 is 0 Å². The minimum absolute atomic E-state index is 0.674. The Hall–Kier alpha value is -0.0800. The molecule has 1 N–H and O–H groups in total. The largest absolute Gasteiger partial charge is 0.312 e. The van der Waals surface area contributed by atoms with Crippen LogP contribution in [0.5, 0.6) is 0 Å². The molecular formula is C15H32N2. The van der Waals surface area contributed by atoms with Crippen LogP contribution in [0.25, 0.3) is 0 Å². The van der Waals surface area contributed by atoms with Gasteiger partial charge in [0, 0.05) is 18.6 Å². The van der Waals surface area contributed by atoms with Crippen molar-refractivity contribution >= 4 is 0 Å². The highest BCUT2D eigenvalue weighted by atomic mass is 15.2. The van der Waals surface area contributed by atoms with Crippen molar-refractivity contribution in [1.82, 2.24) is 10.2 Å². The van der Waals surface area contributed by atoms with E-state index in [0.717, 1.165) is 18.5 Å². The van der Waals surface area contributed by atoms with E-state index in [0.29, 0.717) is 6.04 Å². The van der Waals surface area contributed by atoms with Gasteiger partial charge in [0.15, 0.2) is 0 Å². The molecule has 0 aliphatic heterocycles. The number of hydrogen-bond acceptors (Lipinski definition) is 2. The first-order valence-electron chi connectivity index (χ1n) is 7.66. The third-order valence-electron chi connectivity index (χ3n) is 3.75. The quantitative estimate of drug-likeness (QED) is 0.630. The second kappa shape index (κ2) is 8.10. The molecule has 2 heteroatoms. The third kappa shape index (κ3) is 5.87. The molecule has 17 heavy (non-hydrogen) atoms. The number of rotatable bonds is 10. The Morgan fingerprint density at radius 1 is 1.18 bits per heavy atom. The molecule has 1 atom stereocenters. The normalized spacial score (nSPS) is 18.0. The molecule has 1 unspecified atom stereocenters. The molecule has 0 amide bonds. The zero-order valence-electron chi connectivity index (χ0n) is 12.3. The molecule has 0 radical (unpaired) electrons. The summed E-state index contributed by atoms with van der Waals surface area (Å²) >= 11 is 0. The van der Waals surface area contributed by atoms with Gasteiger partial charge in [0.2, 0.25) is 0 Å². The maximum Gasteiger partial charge on any atom is 0.0218 e. The topological polar surface area (TPSA) is 15.3 Å². The van der Waals surface area contributed by atoms with E-state index in [1.807, 2.05) is 0 Å². The van der Waals surface area contributed by atoms with Crippen molar-refractivity contribution < 1.29 is 0 Å². The predicted molar refractivity (Wildman–Crippen MR) is 76.4 cm³/mol. The fourth-order valence-corrected chi connectivity index (χ4v) is 2.32. The highest BCUT2D eigenvalue weighted by Crippen LogP contribution is 2.27. The van der Waals surface area contributed by atoms with Crippen LogP contribution in [-0.2, 0) is 0 Å². The van der Waals surface area contributed by atoms with Crippen LogP contribution in [0.4, 0.5) is 0 Å². The molecule has 0 heterocycles. The number of hydrogen-bond donors (Lipinski definition) is 1. The van der Waals surface area contributed by atoms with Gasteiger partial charge in [0.25, 0.3) is 0 Å². The summed E-state index contributed by atoms with van der Waals surface area (Å²) in [6.07, 6.45) is 6.78. The minimum atomic E-state index is 0.674. The smallest absolute Gasteiger partial charge is 0.0218 e. The van der Waals surface area contributed by atoms with Crippen LogP contribution in [0.1, 0.15) is 59.8 Å². The first-order chi connectivity index (χ1) is 8.19. The van der Waals surface area contributed by atoms with Crippen LogP contribution in [0.15, 0.2) is 0 Å². The van der Waals surface area contributed by atoms with Crippen molar-refractivity contribution in [2.75, 3.05) is 19.6 Å². The van der Waals surface area contributed by atoms with Crippen molar-refractivity contribution in [3.8, 4) is 0 Å². The Kier molecular flexibility index (Phi) is 7.14. The van der Waals surface area contributed by atoms with Gasteiger partial charge in [-0.1, -0.05) is 34.1 Å². The van der Waals surface area contributed by atoms with Crippen LogP contribution < -0.4 is 5.32 Å². The summed E-state index contributed by atoms with van der Waals surface area (Å²) in [5.74, 6) is 0.740. The Labute approximate surface area is 108 Å². The first-order valence-corrected chi connectivity index (χ1v) is 7.66. The number of nitrogens with zero attached hydrogens (tertiary/aromatic N) is 1. The summed E-state index contributed by atoms with van der Waals surface area (Å²) in [6, 6.07) is 1.58. The zero-order chi connectivity index (χ0) is 12.7. The van der Waals surface area contributed by atoms with Crippen LogP contribution in [0, 0.1) is 5.92 Å². The summed E-state index contributed by atoms with van der Waals surface area (Å²) in [5, 5.41) is 3.72. The van der Waals surface area contributed by atoms with E-state index in [1.54, 1.807) is 0 Å². The molecule has 1 aliphatic carbocycles. The van der Waals surface area contributed by atoms with E-state index in [4.69, 9.17) is 0 Å². The molecule has 1 saturated carbocycles. The van der Waals surface area contributed by atoms with Crippen molar-refractivity contribution in [2.24, 2.45) is 5.92 Å². The van der Waals surface area contributed by atoms with Crippen molar-refractivity contribution in [1.29, 1.82) is 0 Å². The van der Waals surface area contributed by atoms with E-state index in [1.165, 1.54) is 45.2 Å². The third-order valence-corrected chi connectivity index (χ3v) is 3.75. The highest BCUT2D eigenvalue weighted by molar-refractivity contribution is 4.87. The molecule has 0 aromatic heterocycles. The van der Waals surface area contributed by atoms with Crippen molar-refractivity contribution in [3.05, 3.63) is 0 Å². The fourth-order valence-electron chi connectivity index (χ4n) is 2.32. The summed E-state index contributed by atoms with van der Waals surface area (Å²) in [4.78, 5) is 2.73. The summed E-state index contributed by atoms with van der Waals surface area (Å²) in [7, 11) is 0. The molecule has 0 aromatic rings. The van der Waals surface area contributed by atoms with Gasteiger partial charge < -0.3 is 5.32 Å². The molecule has 1 fully saturated rings. The summed E-state index contributed by atoms with van der Waals surface area (Å²) in [6.45, 7) is 13.0. The molecule has 2 nitrogen and oxygen atoms in total. The van der Waals surface area contributed by atoms with Gasteiger partial charge in [-0.2, -0.15) is 0 Å². The van der Waals surface area contributed by atoms with E-state index in [9.17, 15) is 0 Å². The minimum Gasteiger partial charge on any atom is -0.312 e. The van der Waals surface area contributed by atoms with Gasteiger partial charge in [-0.3, -0.25) is 4.90 Å². The average Bonchev–Trinajstić information content (AvgIpc) is 3.12. The Balaban J connectivity index is 2.37. The second-order valence-electron chi connectivity index (χ2n) is 5.88. The summed E-state index contributed by atoms with van der Waals surface area (Å²) in [5.41, 5.74) is 0. The van der Waals surface area contributed by atoms with Crippen LogP contribution in [0.3, 0.4) is 0 Å². The van der Waals surface area contributed by atoms with Crippen molar-refractivity contribution in [2.45, 2.75) is 71.9 Å². The molecule has 0 aromatic carbocycles. The van der Waals surface area contributed by atoms with E-state index in [-0.39, 0.29) is 0 Å².